The number of nitrogens with zero attached hydrogens (tertiary/aromatic N) is 4. The molecule has 1 atom stereocenters. The SMILES string of the molecule is CC1(C)OC(=O)N(C2CCC(n3ncc4cc(C#N)ccc43)CC2)[C@H]1c1ccccc1. The van der Waals surface area contributed by atoms with Crippen LogP contribution in [0.15, 0.2) is 54.7 Å². The van der Waals surface area contributed by atoms with Crippen LogP contribution < -0.4 is 0 Å². The van der Waals surface area contributed by atoms with E-state index < -0.39 is 5.60 Å². The van der Waals surface area contributed by atoms with Crippen molar-refractivity contribution in [2.45, 2.75) is 63.3 Å². The summed E-state index contributed by atoms with van der Waals surface area (Å²) in [6, 6.07) is 18.5. The van der Waals surface area contributed by atoms with Crippen molar-refractivity contribution in [1.29, 1.82) is 5.26 Å². The van der Waals surface area contributed by atoms with Crippen molar-refractivity contribution < 1.29 is 9.53 Å². The fraction of sp³-hybridized carbons (Fsp3) is 0.400. The van der Waals surface area contributed by atoms with Crippen molar-refractivity contribution in [3.8, 4) is 6.07 Å². The first kappa shape index (κ1) is 19.6. The molecule has 1 aromatic heterocycles. The Balaban J connectivity index is 1.36. The summed E-state index contributed by atoms with van der Waals surface area (Å²) in [6.07, 6.45) is 5.36. The van der Waals surface area contributed by atoms with Gasteiger partial charge in [-0.25, -0.2) is 4.79 Å². The third-order valence-electron chi connectivity index (χ3n) is 6.74. The molecule has 2 heterocycles. The zero-order valence-electron chi connectivity index (χ0n) is 17.9. The van der Waals surface area contributed by atoms with Gasteiger partial charge in [0.1, 0.15) is 5.60 Å². The van der Waals surface area contributed by atoms with Gasteiger partial charge in [-0.15, -0.1) is 0 Å². The van der Waals surface area contributed by atoms with E-state index in [0.717, 1.165) is 42.1 Å². The maximum Gasteiger partial charge on any atom is 0.411 e. The van der Waals surface area contributed by atoms with Gasteiger partial charge >= 0.3 is 6.09 Å². The molecule has 0 bridgehead atoms. The van der Waals surface area contributed by atoms with Crippen molar-refractivity contribution in [3.05, 3.63) is 65.9 Å². The minimum Gasteiger partial charge on any atom is -0.441 e. The highest BCUT2D eigenvalue weighted by Gasteiger charge is 2.51. The van der Waals surface area contributed by atoms with Crippen LogP contribution in [-0.4, -0.2) is 32.4 Å². The number of hydrogen-bond acceptors (Lipinski definition) is 4. The van der Waals surface area contributed by atoms with Crippen molar-refractivity contribution >= 4 is 17.0 Å². The van der Waals surface area contributed by atoms with Crippen LogP contribution in [0.5, 0.6) is 0 Å². The number of cyclic esters (lactones) is 1. The largest absolute Gasteiger partial charge is 0.441 e. The Morgan fingerprint density at radius 2 is 1.77 bits per heavy atom. The number of benzene rings is 2. The van der Waals surface area contributed by atoms with Crippen LogP contribution in [0.1, 0.15) is 62.7 Å². The van der Waals surface area contributed by atoms with Gasteiger partial charge in [-0.3, -0.25) is 9.58 Å². The maximum atomic E-state index is 12.9. The highest BCUT2D eigenvalue weighted by molar-refractivity contribution is 5.80. The average Bonchev–Trinajstić information content (AvgIpc) is 3.30. The molecule has 5 rings (SSSR count). The topological polar surface area (TPSA) is 71.2 Å². The third kappa shape index (κ3) is 3.34. The van der Waals surface area contributed by atoms with Gasteiger partial charge in [-0.1, -0.05) is 30.3 Å². The van der Waals surface area contributed by atoms with E-state index in [1.54, 1.807) is 0 Å². The summed E-state index contributed by atoms with van der Waals surface area (Å²) >= 11 is 0. The van der Waals surface area contributed by atoms with Crippen molar-refractivity contribution in [3.63, 3.8) is 0 Å². The molecule has 2 aliphatic rings. The number of aromatic nitrogens is 2. The number of nitriles is 1. The molecular weight excluding hydrogens is 388 g/mol. The molecule has 0 radical (unpaired) electrons. The summed E-state index contributed by atoms with van der Waals surface area (Å²) in [7, 11) is 0. The molecule has 0 N–H and O–H groups in total. The Morgan fingerprint density at radius 1 is 1.06 bits per heavy atom. The van der Waals surface area contributed by atoms with Crippen LogP contribution in [0.2, 0.25) is 0 Å². The molecule has 1 aliphatic heterocycles. The molecule has 6 nitrogen and oxygen atoms in total. The monoisotopic (exact) mass is 414 g/mol. The molecule has 1 saturated heterocycles. The van der Waals surface area contributed by atoms with Crippen molar-refractivity contribution in [1.82, 2.24) is 14.7 Å². The first-order chi connectivity index (χ1) is 15.0. The van der Waals surface area contributed by atoms with Crippen LogP contribution in [0.25, 0.3) is 10.9 Å². The molecule has 2 fully saturated rings. The molecule has 0 spiro atoms. The number of hydrogen-bond donors (Lipinski definition) is 0. The second-order valence-electron chi connectivity index (χ2n) is 9.13. The number of carbonyl (C=O) groups excluding carboxylic acids is 1. The van der Waals surface area contributed by atoms with E-state index in [-0.39, 0.29) is 18.2 Å². The lowest BCUT2D eigenvalue weighted by Crippen LogP contribution is -2.42. The highest BCUT2D eigenvalue weighted by atomic mass is 16.6. The van der Waals surface area contributed by atoms with Gasteiger partial charge in [0.15, 0.2) is 0 Å². The van der Waals surface area contributed by atoms with Gasteiger partial charge in [0.25, 0.3) is 0 Å². The molecule has 3 aromatic rings. The maximum absolute atomic E-state index is 12.9. The summed E-state index contributed by atoms with van der Waals surface area (Å²) in [4.78, 5) is 14.9. The van der Waals surface area contributed by atoms with E-state index >= 15 is 0 Å². The van der Waals surface area contributed by atoms with Crippen molar-refractivity contribution in [2.75, 3.05) is 0 Å². The zero-order valence-corrected chi connectivity index (χ0v) is 17.9. The predicted molar refractivity (Wildman–Crippen MR) is 117 cm³/mol. The number of ether oxygens (including phenoxy) is 1. The number of rotatable bonds is 3. The quantitative estimate of drug-likeness (QED) is 0.578. The van der Waals surface area contributed by atoms with Gasteiger partial charge in [0.05, 0.1) is 35.4 Å². The standard InChI is InChI=1S/C25H26N4O2/c1-25(2)23(18-6-4-3-5-7-18)28(24(30)31-25)20-9-11-21(12-10-20)29-22-13-8-17(15-26)14-19(22)16-27-29/h3-8,13-14,16,20-21,23H,9-12H2,1-2H3/t20?,21?,23-/m0/s1. The average molecular weight is 415 g/mol. The minimum atomic E-state index is -0.564. The third-order valence-corrected chi connectivity index (χ3v) is 6.74. The Kier molecular flexibility index (Phi) is 4.70. The molecule has 1 aliphatic carbocycles. The van der Waals surface area contributed by atoms with Crippen LogP contribution in [0.4, 0.5) is 4.79 Å². The second kappa shape index (κ2) is 7.42. The second-order valence-corrected chi connectivity index (χ2v) is 9.13. The lowest BCUT2D eigenvalue weighted by Gasteiger charge is -2.38. The Bertz CT molecular complexity index is 1150. The minimum absolute atomic E-state index is 0.0855. The summed E-state index contributed by atoms with van der Waals surface area (Å²) in [5.41, 5.74) is 2.27. The van der Waals surface area contributed by atoms with Gasteiger partial charge in [0, 0.05) is 11.4 Å². The van der Waals surface area contributed by atoms with E-state index in [9.17, 15) is 4.79 Å². The Morgan fingerprint density at radius 3 is 2.48 bits per heavy atom. The molecule has 158 valence electrons. The molecule has 31 heavy (non-hydrogen) atoms. The Hall–Kier alpha value is -3.33. The van der Waals surface area contributed by atoms with Gasteiger partial charge < -0.3 is 4.74 Å². The lowest BCUT2D eigenvalue weighted by atomic mass is 9.86. The first-order valence-corrected chi connectivity index (χ1v) is 10.9. The Labute approximate surface area is 182 Å². The lowest BCUT2D eigenvalue weighted by molar-refractivity contribution is 0.0661. The molecule has 1 amide bonds. The van der Waals surface area contributed by atoms with E-state index in [1.807, 2.05) is 61.3 Å². The molecule has 2 aromatic carbocycles. The number of carbonyl (C=O) groups is 1. The van der Waals surface area contributed by atoms with Gasteiger partial charge in [0.2, 0.25) is 0 Å². The van der Waals surface area contributed by atoms with Crippen LogP contribution in [0.3, 0.4) is 0 Å². The van der Waals surface area contributed by atoms with Crippen LogP contribution >= 0.6 is 0 Å². The van der Waals surface area contributed by atoms with E-state index in [0.29, 0.717) is 11.6 Å². The summed E-state index contributed by atoms with van der Waals surface area (Å²) < 4.78 is 7.89. The van der Waals surface area contributed by atoms with Gasteiger partial charge in [-0.2, -0.15) is 10.4 Å². The highest BCUT2D eigenvalue weighted by Crippen LogP contribution is 2.45. The molecule has 1 saturated carbocycles. The van der Waals surface area contributed by atoms with E-state index in [2.05, 4.69) is 28.0 Å². The zero-order chi connectivity index (χ0) is 21.6. The summed E-state index contributed by atoms with van der Waals surface area (Å²) in [5, 5.41) is 14.7. The smallest absolute Gasteiger partial charge is 0.411 e. The normalized spacial score (nSPS) is 25.4. The molecule has 6 heteroatoms. The fourth-order valence-electron chi connectivity index (χ4n) is 5.33. The predicted octanol–water partition coefficient (Wildman–Crippen LogP) is 5.36. The van der Waals surface area contributed by atoms with Crippen LogP contribution in [-0.2, 0) is 4.74 Å². The van der Waals surface area contributed by atoms with E-state index in [1.165, 1.54) is 0 Å². The number of amides is 1. The molecule has 0 unspecified atom stereocenters. The first-order valence-electron chi connectivity index (χ1n) is 10.9. The number of fused-ring (bicyclic) bond motifs is 1. The summed E-state index contributed by atoms with van der Waals surface area (Å²) in [6.45, 7) is 4.00. The summed E-state index contributed by atoms with van der Waals surface area (Å²) in [5.74, 6) is 0. The fourth-order valence-corrected chi connectivity index (χ4v) is 5.33. The van der Waals surface area contributed by atoms with Crippen LogP contribution in [0, 0.1) is 11.3 Å². The van der Waals surface area contributed by atoms with Gasteiger partial charge in [-0.05, 0) is 63.3 Å². The molecular formula is C25H26N4O2. The van der Waals surface area contributed by atoms with E-state index in [4.69, 9.17) is 10.00 Å². The van der Waals surface area contributed by atoms with Crippen molar-refractivity contribution in [2.24, 2.45) is 0 Å².